The lowest BCUT2D eigenvalue weighted by atomic mass is 10.1. The largest absolute Gasteiger partial charge is 0.359 e. The van der Waals surface area contributed by atoms with Gasteiger partial charge in [-0.2, -0.15) is 0 Å². The van der Waals surface area contributed by atoms with Crippen molar-refractivity contribution in [1.82, 2.24) is 0 Å². The maximum Gasteiger partial charge on any atom is 0.146 e. The summed E-state index contributed by atoms with van der Waals surface area (Å²) in [5, 5.41) is 0. The van der Waals surface area contributed by atoms with E-state index in [9.17, 15) is 0 Å². The highest BCUT2D eigenvalue weighted by Gasteiger charge is 2.09. The standard InChI is InChI=1S/C6H15NO2/c1-6(2,7)4-9-5-8-3/h4-5,7H2,1-3H3. The highest BCUT2D eigenvalue weighted by molar-refractivity contribution is 4.69. The van der Waals surface area contributed by atoms with E-state index in [1.807, 2.05) is 13.8 Å². The first-order chi connectivity index (χ1) is 4.06. The Labute approximate surface area is 56.1 Å². The number of hydrogen-bond donors (Lipinski definition) is 1. The number of hydrogen-bond acceptors (Lipinski definition) is 3. The van der Waals surface area contributed by atoms with Crippen molar-refractivity contribution < 1.29 is 9.47 Å². The molecule has 0 aliphatic rings. The molecule has 0 radical (unpaired) electrons. The van der Waals surface area contributed by atoms with Crippen LogP contribution in [0.25, 0.3) is 0 Å². The maximum atomic E-state index is 5.60. The number of ether oxygens (including phenoxy) is 2. The van der Waals surface area contributed by atoms with Gasteiger partial charge in [-0.05, 0) is 13.8 Å². The fourth-order valence-corrected chi connectivity index (χ4v) is 0.388. The Morgan fingerprint density at radius 2 is 2.00 bits per heavy atom. The predicted molar refractivity (Wildman–Crippen MR) is 36.1 cm³/mol. The molecule has 0 unspecified atom stereocenters. The van der Waals surface area contributed by atoms with Crippen molar-refractivity contribution >= 4 is 0 Å². The molecule has 0 amide bonds. The summed E-state index contributed by atoms with van der Waals surface area (Å²) in [4.78, 5) is 0. The van der Waals surface area contributed by atoms with Crippen LogP contribution < -0.4 is 5.73 Å². The number of nitrogens with two attached hydrogens (primary N) is 1. The van der Waals surface area contributed by atoms with Crippen LogP contribution in [-0.4, -0.2) is 26.0 Å². The first-order valence-corrected chi connectivity index (χ1v) is 2.92. The summed E-state index contributed by atoms with van der Waals surface area (Å²) >= 11 is 0. The minimum absolute atomic E-state index is 0.251. The van der Waals surface area contributed by atoms with Crippen molar-refractivity contribution in [3.05, 3.63) is 0 Å². The van der Waals surface area contributed by atoms with E-state index in [-0.39, 0.29) is 5.54 Å². The number of rotatable bonds is 4. The van der Waals surface area contributed by atoms with E-state index in [1.165, 1.54) is 0 Å². The van der Waals surface area contributed by atoms with Gasteiger partial charge in [0.05, 0.1) is 6.61 Å². The molecule has 0 aromatic heterocycles. The predicted octanol–water partition coefficient (Wildman–Crippen LogP) is 0.344. The Morgan fingerprint density at radius 3 is 2.33 bits per heavy atom. The van der Waals surface area contributed by atoms with Gasteiger partial charge in [0.1, 0.15) is 6.79 Å². The first-order valence-electron chi connectivity index (χ1n) is 2.92. The van der Waals surface area contributed by atoms with Gasteiger partial charge in [0.25, 0.3) is 0 Å². The van der Waals surface area contributed by atoms with E-state index < -0.39 is 0 Å². The first kappa shape index (κ1) is 8.88. The Morgan fingerprint density at radius 1 is 1.44 bits per heavy atom. The minimum atomic E-state index is -0.251. The zero-order valence-corrected chi connectivity index (χ0v) is 6.31. The van der Waals surface area contributed by atoms with Crippen LogP contribution in [0.15, 0.2) is 0 Å². The van der Waals surface area contributed by atoms with Crippen LogP contribution in [0, 0.1) is 0 Å². The molecule has 0 spiro atoms. The van der Waals surface area contributed by atoms with E-state index in [2.05, 4.69) is 4.74 Å². The molecule has 0 bridgehead atoms. The van der Waals surface area contributed by atoms with E-state index in [1.54, 1.807) is 7.11 Å². The number of methoxy groups -OCH3 is 1. The topological polar surface area (TPSA) is 44.5 Å². The summed E-state index contributed by atoms with van der Waals surface area (Å²) in [6.07, 6.45) is 0. The zero-order chi connectivity index (χ0) is 7.33. The van der Waals surface area contributed by atoms with Crippen molar-refractivity contribution in [2.45, 2.75) is 19.4 Å². The molecule has 0 aromatic carbocycles. The SMILES string of the molecule is COCOCC(C)(C)N. The van der Waals surface area contributed by atoms with E-state index in [0.717, 1.165) is 0 Å². The van der Waals surface area contributed by atoms with Crippen LogP contribution in [0.3, 0.4) is 0 Å². The van der Waals surface area contributed by atoms with E-state index in [0.29, 0.717) is 13.4 Å². The lowest BCUT2D eigenvalue weighted by Crippen LogP contribution is -2.37. The van der Waals surface area contributed by atoms with Crippen molar-refractivity contribution in [3.8, 4) is 0 Å². The Bertz CT molecular complexity index is 67.9. The van der Waals surface area contributed by atoms with Crippen molar-refractivity contribution in [3.63, 3.8) is 0 Å². The molecule has 56 valence electrons. The summed E-state index contributed by atoms with van der Waals surface area (Å²) < 4.78 is 9.66. The molecule has 0 saturated heterocycles. The normalized spacial score (nSPS) is 12.0. The average molecular weight is 133 g/mol. The van der Waals surface area contributed by atoms with E-state index in [4.69, 9.17) is 10.5 Å². The smallest absolute Gasteiger partial charge is 0.146 e. The molecule has 0 heterocycles. The summed E-state index contributed by atoms with van der Waals surface area (Å²) in [6.45, 7) is 4.66. The third-order valence-corrected chi connectivity index (χ3v) is 0.675. The average Bonchev–Trinajstić information content (AvgIpc) is 1.63. The molecular formula is C6H15NO2. The molecule has 2 N–H and O–H groups in total. The van der Waals surface area contributed by atoms with Gasteiger partial charge in [0.2, 0.25) is 0 Å². The molecule has 0 fully saturated rings. The molecule has 0 saturated carbocycles. The lowest BCUT2D eigenvalue weighted by Gasteiger charge is -2.17. The van der Waals surface area contributed by atoms with Gasteiger partial charge in [-0.25, -0.2) is 0 Å². The third kappa shape index (κ3) is 7.88. The summed E-state index contributed by atoms with van der Waals surface area (Å²) in [5.74, 6) is 0. The molecular weight excluding hydrogens is 118 g/mol. The van der Waals surface area contributed by atoms with Gasteiger partial charge in [0.15, 0.2) is 0 Å². The van der Waals surface area contributed by atoms with Crippen molar-refractivity contribution in [2.24, 2.45) is 5.73 Å². The van der Waals surface area contributed by atoms with Gasteiger partial charge in [-0.1, -0.05) is 0 Å². The van der Waals surface area contributed by atoms with Gasteiger partial charge in [0, 0.05) is 12.6 Å². The third-order valence-electron chi connectivity index (χ3n) is 0.675. The second-order valence-corrected chi connectivity index (χ2v) is 2.74. The molecule has 0 aromatic rings. The molecule has 9 heavy (non-hydrogen) atoms. The van der Waals surface area contributed by atoms with Gasteiger partial charge in [-0.3, -0.25) is 0 Å². The van der Waals surface area contributed by atoms with Crippen LogP contribution in [0.5, 0.6) is 0 Å². The summed E-state index contributed by atoms with van der Waals surface area (Å²) in [5.41, 5.74) is 5.34. The van der Waals surface area contributed by atoms with Gasteiger partial charge < -0.3 is 15.2 Å². The quantitative estimate of drug-likeness (QED) is 0.444. The summed E-state index contributed by atoms with van der Waals surface area (Å²) in [6, 6.07) is 0. The minimum Gasteiger partial charge on any atom is -0.359 e. The van der Waals surface area contributed by atoms with Crippen LogP contribution in [0.1, 0.15) is 13.8 Å². The Hall–Kier alpha value is -0.120. The van der Waals surface area contributed by atoms with E-state index >= 15 is 0 Å². The Balaban J connectivity index is 3.07. The van der Waals surface area contributed by atoms with Crippen LogP contribution in [0.2, 0.25) is 0 Å². The van der Waals surface area contributed by atoms with Crippen LogP contribution in [-0.2, 0) is 9.47 Å². The molecule has 3 heteroatoms. The van der Waals surface area contributed by atoms with Crippen molar-refractivity contribution in [2.75, 3.05) is 20.5 Å². The van der Waals surface area contributed by atoms with Gasteiger partial charge in [-0.15, -0.1) is 0 Å². The van der Waals surface area contributed by atoms with Crippen LogP contribution in [0.4, 0.5) is 0 Å². The summed E-state index contributed by atoms with van der Waals surface area (Å²) in [7, 11) is 1.59. The molecule has 0 rings (SSSR count). The van der Waals surface area contributed by atoms with Crippen molar-refractivity contribution in [1.29, 1.82) is 0 Å². The molecule has 0 atom stereocenters. The second kappa shape index (κ2) is 3.82. The highest BCUT2D eigenvalue weighted by atomic mass is 16.7. The molecule has 0 aliphatic heterocycles. The molecule has 3 nitrogen and oxygen atoms in total. The Kier molecular flexibility index (Phi) is 3.77. The second-order valence-electron chi connectivity index (χ2n) is 2.74. The van der Waals surface area contributed by atoms with Gasteiger partial charge >= 0.3 is 0 Å². The van der Waals surface area contributed by atoms with Crippen LogP contribution >= 0.6 is 0 Å². The lowest BCUT2D eigenvalue weighted by molar-refractivity contribution is -0.0438. The fourth-order valence-electron chi connectivity index (χ4n) is 0.388. The monoisotopic (exact) mass is 133 g/mol. The molecule has 0 aliphatic carbocycles. The highest BCUT2D eigenvalue weighted by Crippen LogP contribution is 1.95. The maximum absolute atomic E-state index is 5.60. The fraction of sp³-hybridized carbons (Fsp3) is 1.00. The zero-order valence-electron chi connectivity index (χ0n) is 6.31.